The highest BCUT2D eigenvalue weighted by Crippen LogP contribution is 2.13. The molecular formula is C14H10ClN3O. The third-order valence-corrected chi connectivity index (χ3v) is 3.07. The Morgan fingerprint density at radius 1 is 1.16 bits per heavy atom. The van der Waals surface area contributed by atoms with E-state index in [1.165, 1.54) is 17.0 Å². The second-order valence-corrected chi connectivity index (χ2v) is 4.60. The van der Waals surface area contributed by atoms with Gasteiger partial charge in [-0.3, -0.25) is 14.3 Å². The predicted octanol–water partition coefficient (Wildman–Crippen LogP) is 2.49. The topological polar surface area (TPSA) is 47.8 Å². The van der Waals surface area contributed by atoms with Crippen LogP contribution in [0.1, 0.15) is 5.56 Å². The maximum atomic E-state index is 11.7. The van der Waals surface area contributed by atoms with Crippen LogP contribution in [0.3, 0.4) is 0 Å². The molecule has 0 aliphatic carbocycles. The zero-order valence-electron chi connectivity index (χ0n) is 9.95. The third-order valence-electron chi connectivity index (χ3n) is 2.87. The van der Waals surface area contributed by atoms with Crippen molar-refractivity contribution < 1.29 is 0 Å². The van der Waals surface area contributed by atoms with Gasteiger partial charge >= 0.3 is 0 Å². The summed E-state index contributed by atoms with van der Waals surface area (Å²) in [6, 6.07) is 11.1. The van der Waals surface area contributed by atoms with Crippen LogP contribution in [-0.2, 0) is 6.54 Å². The van der Waals surface area contributed by atoms with Gasteiger partial charge in [-0.1, -0.05) is 23.7 Å². The Labute approximate surface area is 114 Å². The van der Waals surface area contributed by atoms with Crippen LogP contribution >= 0.6 is 11.6 Å². The third kappa shape index (κ3) is 2.48. The minimum absolute atomic E-state index is 0.161. The highest BCUT2D eigenvalue weighted by Gasteiger charge is 2.01. The average Bonchev–Trinajstić information content (AvgIpc) is 2.42. The molecule has 1 aromatic carbocycles. The van der Waals surface area contributed by atoms with Gasteiger partial charge < -0.3 is 0 Å². The lowest BCUT2D eigenvalue weighted by atomic mass is 10.1. The number of rotatable bonds is 2. The van der Waals surface area contributed by atoms with E-state index in [2.05, 4.69) is 9.97 Å². The molecule has 5 heteroatoms. The zero-order valence-corrected chi connectivity index (χ0v) is 10.7. The molecule has 19 heavy (non-hydrogen) atoms. The van der Waals surface area contributed by atoms with Gasteiger partial charge in [0, 0.05) is 17.6 Å². The molecule has 0 N–H and O–H groups in total. The smallest absolute Gasteiger partial charge is 0.255 e. The van der Waals surface area contributed by atoms with E-state index in [-0.39, 0.29) is 10.7 Å². The number of pyridine rings is 1. The molecule has 2 heterocycles. The summed E-state index contributed by atoms with van der Waals surface area (Å²) in [5.74, 6) is 0. The Hall–Kier alpha value is -2.20. The standard InChI is InChI=1S/C14H10ClN3O/c15-13-7-14(19)18(9-17-13)8-10-3-4-12-11(6-10)2-1-5-16-12/h1-7,9H,8H2. The van der Waals surface area contributed by atoms with E-state index in [4.69, 9.17) is 11.6 Å². The fourth-order valence-electron chi connectivity index (χ4n) is 1.94. The molecule has 4 nitrogen and oxygen atoms in total. The number of aromatic nitrogens is 3. The van der Waals surface area contributed by atoms with Crippen molar-refractivity contribution in [1.82, 2.24) is 14.5 Å². The maximum absolute atomic E-state index is 11.7. The quantitative estimate of drug-likeness (QED) is 0.673. The van der Waals surface area contributed by atoms with Gasteiger partial charge in [0.25, 0.3) is 5.56 Å². The highest BCUT2D eigenvalue weighted by molar-refractivity contribution is 6.29. The van der Waals surface area contributed by atoms with E-state index in [1.54, 1.807) is 6.20 Å². The first-order valence-electron chi connectivity index (χ1n) is 5.78. The Morgan fingerprint density at radius 2 is 2.05 bits per heavy atom. The van der Waals surface area contributed by atoms with Crippen LogP contribution in [0.5, 0.6) is 0 Å². The lowest BCUT2D eigenvalue weighted by molar-refractivity contribution is 0.737. The molecule has 0 saturated heterocycles. The molecule has 0 spiro atoms. The summed E-state index contributed by atoms with van der Waals surface area (Å²) in [6.07, 6.45) is 3.22. The molecular weight excluding hydrogens is 262 g/mol. The molecule has 94 valence electrons. The minimum Gasteiger partial charge on any atom is -0.295 e. The highest BCUT2D eigenvalue weighted by atomic mass is 35.5. The molecule has 0 aliphatic rings. The second-order valence-electron chi connectivity index (χ2n) is 4.21. The van der Waals surface area contributed by atoms with Gasteiger partial charge in [-0.25, -0.2) is 4.98 Å². The van der Waals surface area contributed by atoms with Gasteiger partial charge in [0.2, 0.25) is 0 Å². The molecule has 0 bridgehead atoms. The number of halogens is 1. The van der Waals surface area contributed by atoms with Crippen LogP contribution in [-0.4, -0.2) is 14.5 Å². The van der Waals surface area contributed by atoms with E-state index in [0.717, 1.165) is 16.5 Å². The fourth-order valence-corrected chi connectivity index (χ4v) is 2.08. The number of hydrogen-bond acceptors (Lipinski definition) is 3. The molecule has 0 radical (unpaired) electrons. The second kappa shape index (κ2) is 4.82. The van der Waals surface area contributed by atoms with Crippen LogP contribution in [0.4, 0.5) is 0 Å². The van der Waals surface area contributed by atoms with Crippen molar-refractivity contribution in [2.24, 2.45) is 0 Å². The van der Waals surface area contributed by atoms with Gasteiger partial charge in [-0.15, -0.1) is 0 Å². The Bertz CT molecular complexity index is 798. The molecule has 3 aromatic rings. The summed E-state index contributed by atoms with van der Waals surface area (Å²) in [4.78, 5) is 19.9. The van der Waals surface area contributed by atoms with E-state index in [1.807, 2.05) is 30.3 Å². The van der Waals surface area contributed by atoms with Crippen LogP contribution in [0.25, 0.3) is 10.9 Å². The number of fused-ring (bicyclic) bond motifs is 1. The molecule has 0 unspecified atom stereocenters. The summed E-state index contributed by atoms with van der Waals surface area (Å²) in [5, 5.41) is 1.26. The summed E-state index contributed by atoms with van der Waals surface area (Å²) in [7, 11) is 0. The van der Waals surface area contributed by atoms with E-state index in [9.17, 15) is 4.79 Å². The summed E-state index contributed by atoms with van der Waals surface area (Å²) < 4.78 is 1.52. The van der Waals surface area contributed by atoms with Crippen LogP contribution in [0, 0.1) is 0 Å². The summed E-state index contributed by atoms with van der Waals surface area (Å²) >= 11 is 5.67. The molecule has 0 fully saturated rings. The van der Waals surface area contributed by atoms with E-state index >= 15 is 0 Å². The van der Waals surface area contributed by atoms with Crippen molar-refractivity contribution in [1.29, 1.82) is 0 Å². The van der Waals surface area contributed by atoms with Crippen LogP contribution in [0.15, 0.2) is 53.7 Å². The Morgan fingerprint density at radius 3 is 2.89 bits per heavy atom. The fraction of sp³-hybridized carbons (Fsp3) is 0.0714. The van der Waals surface area contributed by atoms with Crippen molar-refractivity contribution in [3.05, 3.63) is 70.0 Å². The first-order valence-corrected chi connectivity index (χ1v) is 6.16. The van der Waals surface area contributed by atoms with Crippen molar-refractivity contribution in [2.75, 3.05) is 0 Å². The lowest BCUT2D eigenvalue weighted by Gasteiger charge is -2.06. The molecule has 0 amide bonds. The van der Waals surface area contributed by atoms with Gasteiger partial charge in [-0.05, 0) is 23.8 Å². The van der Waals surface area contributed by atoms with E-state index in [0.29, 0.717) is 6.54 Å². The molecule has 0 aliphatic heterocycles. The SMILES string of the molecule is O=c1cc(Cl)ncn1Cc1ccc2ncccc2c1. The van der Waals surface area contributed by atoms with E-state index < -0.39 is 0 Å². The predicted molar refractivity (Wildman–Crippen MR) is 74.4 cm³/mol. The molecule has 0 saturated carbocycles. The molecule has 2 aromatic heterocycles. The van der Waals surface area contributed by atoms with Crippen LogP contribution < -0.4 is 5.56 Å². The van der Waals surface area contributed by atoms with Gasteiger partial charge in [-0.2, -0.15) is 0 Å². The Balaban J connectivity index is 1.99. The van der Waals surface area contributed by atoms with Crippen molar-refractivity contribution in [3.8, 4) is 0 Å². The molecule has 3 rings (SSSR count). The van der Waals surface area contributed by atoms with Crippen LogP contribution in [0.2, 0.25) is 5.15 Å². The summed E-state index contributed by atoms with van der Waals surface area (Å²) in [6.45, 7) is 0.466. The number of hydrogen-bond donors (Lipinski definition) is 0. The summed E-state index contributed by atoms with van der Waals surface area (Å²) in [5.41, 5.74) is 1.80. The van der Waals surface area contributed by atoms with Crippen molar-refractivity contribution in [2.45, 2.75) is 6.54 Å². The maximum Gasteiger partial charge on any atom is 0.255 e. The minimum atomic E-state index is -0.161. The van der Waals surface area contributed by atoms with Gasteiger partial charge in [0.05, 0.1) is 18.4 Å². The first-order chi connectivity index (χ1) is 9.22. The first kappa shape index (κ1) is 11.9. The van der Waals surface area contributed by atoms with Crippen molar-refractivity contribution >= 4 is 22.5 Å². The number of benzene rings is 1. The van der Waals surface area contributed by atoms with Gasteiger partial charge in [0.15, 0.2) is 0 Å². The van der Waals surface area contributed by atoms with Crippen molar-refractivity contribution in [3.63, 3.8) is 0 Å². The average molecular weight is 272 g/mol. The zero-order chi connectivity index (χ0) is 13.2. The molecule has 0 atom stereocenters. The lowest BCUT2D eigenvalue weighted by Crippen LogP contribution is -2.19. The normalized spacial score (nSPS) is 10.8. The number of nitrogens with zero attached hydrogens (tertiary/aromatic N) is 3. The monoisotopic (exact) mass is 271 g/mol. The largest absolute Gasteiger partial charge is 0.295 e. The van der Waals surface area contributed by atoms with Gasteiger partial charge in [0.1, 0.15) is 5.15 Å². The Kier molecular flexibility index (Phi) is 3.01.